The molecule has 0 radical (unpaired) electrons. The minimum atomic E-state index is -0.0193. The number of carbonyl (C=O) groups is 1. The van der Waals surface area contributed by atoms with Gasteiger partial charge in [0.05, 0.1) is 0 Å². The molecule has 0 aliphatic rings. The standard InChI is InChI=1S/C21H22N2O/c1-15(2)21(24)23-19-12-10-18(11-13-19)22-14-17-8-5-7-16-6-3-4-9-20(16)17/h3-13,15,22H,14H2,1-2H3,(H,23,24). The summed E-state index contributed by atoms with van der Waals surface area (Å²) < 4.78 is 0. The molecule has 0 aliphatic carbocycles. The second kappa shape index (κ2) is 7.18. The molecule has 122 valence electrons. The molecule has 0 unspecified atom stereocenters. The lowest BCUT2D eigenvalue weighted by molar-refractivity contribution is -0.118. The van der Waals surface area contributed by atoms with Gasteiger partial charge in [-0.15, -0.1) is 0 Å². The van der Waals surface area contributed by atoms with Gasteiger partial charge in [-0.3, -0.25) is 4.79 Å². The van der Waals surface area contributed by atoms with Crippen molar-refractivity contribution >= 4 is 28.1 Å². The molecule has 0 fully saturated rings. The van der Waals surface area contributed by atoms with Gasteiger partial charge in [-0.2, -0.15) is 0 Å². The van der Waals surface area contributed by atoms with E-state index in [1.54, 1.807) is 0 Å². The molecule has 0 saturated heterocycles. The molecule has 3 nitrogen and oxygen atoms in total. The van der Waals surface area contributed by atoms with Crippen molar-refractivity contribution in [2.75, 3.05) is 10.6 Å². The summed E-state index contributed by atoms with van der Waals surface area (Å²) in [6.07, 6.45) is 0. The summed E-state index contributed by atoms with van der Waals surface area (Å²) in [5.41, 5.74) is 3.13. The third-order valence-electron chi connectivity index (χ3n) is 4.04. The maximum atomic E-state index is 11.7. The van der Waals surface area contributed by atoms with Crippen molar-refractivity contribution in [2.24, 2.45) is 5.92 Å². The van der Waals surface area contributed by atoms with Crippen LogP contribution in [0, 0.1) is 5.92 Å². The maximum absolute atomic E-state index is 11.7. The summed E-state index contributed by atoms with van der Waals surface area (Å²) in [6.45, 7) is 4.53. The molecule has 3 aromatic rings. The fraction of sp³-hybridized carbons (Fsp3) is 0.190. The van der Waals surface area contributed by atoms with E-state index in [9.17, 15) is 4.79 Å². The van der Waals surface area contributed by atoms with Gasteiger partial charge in [-0.25, -0.2) is 0 Å². The number of nitrogens with one attached hydrogen (secondary N) is 2. The number of benzene rings is 3. The fourth-order valence-corrected chi connectivity index (χ4v) is 2.60. The van der Waals surface area contributed by atoms with Crippen molar-refractivity contribution < 1.29 is 4.79 Å². The zero-order chi connectivity index (χ0) is 16.9. The van der Waals surface area contributed by atoms with E-state index in [2.05, 4.69) is 53.1 Å². The largest absolute Gasteiger partial charge is 0.381 e. The van der Waals surface area contributed by atoms with Gasteiger partial charge in [-0.1, -0.05) is 56.3 Å². The van der Waals surface area contributed by atoms with Gasteiger partial charge in [0.15, 0.2) is 0 Å². The first-order valence-electron chi connectivity index (χ1n) is 8.25. The zero-order valence-corrected chi connectivity index (χ0v) is 14.0. The molecule has 0 atom stereocenters. The summed E-state index contributed by atoms with van der Waals surface area (Å²) >= 11 is 0. The van der Waals surface area contributed by atoms with Gasteiger partial charge in [0.1, 0.15) is 0 Å². The number of fused-ring (bicyclic) bond motifs is 1. The Morgan fingerprint density at radius 2 is 1.54 bits per heavy atom. The van der Waals surface area contributed by atoms with Gasteiger partial charge in [-0.05, 0) is 40.6 Å². The Kier molecular flexibility index (Phi) is 4.80. The van der Waals surface area contributed by atoms with Crippen LogP contribution < -0.4 is 10.6 Å². The highest BCUT2D eigenvalue weighted by molar-refractivity contribution is 5.92. The van der Waals surface area contributed by atoms with Gasteiger partial charge in [0.25, 0.3) is 0 Å². The number of anilines is 2. The highest BCUT2D eigenvalue weighted by Crippen LogP contribution is 2.20. The molecule has 0 saturated carbocycles. The number of amides is 1. The van der Waals surface area contributed by atoms with Gasteiger partial charge >= 0.3 is 0 Å². The number of hydrogen-bond donors (Lipinski definition) is 2. The Hall–Kier alpha value is -2.81. The van der Waals surface area contributed by atoms with Crippen molar-refractivity contribution in [1.82, 2.24) is 0 Å². The first-order valence-corrected chi connectivity index (χ1v) is 8.25. The summed E-state index contributed by atoms with van der Waals surface area (Å²) in [5, 5.41) is 8.87. The molecule has 0 spiro atoms. The predicted molar refractivity (Wildman–Crippen MR) is 101 cm³/mol. The number of hydrogen-bond acceptors (Lipinski definition) is 2. The Balaban J connectivity index is 1.67. The van der Waals surface area contributed by atoms with Crippen LogP contribution in [0.5, 0.6) is 0 Å². The Morgan fingerprint density at radius 1 is 0.875 bits per heavy atom. The summed E-state index contributed by atoms with van der Waals surface area (Å²) in [4.78, 5) is 11.7. The van der Waals surface area contributed by atoms with Crippen molar-refractivity contribution in [2.45, 2.75) is 20.4 Å². The molecule has 2 N–H and O–H groups in total. The third kappa shape index (κ3) is 3.74. The minimum Gasteiger partial charge on any atom is -0.381 e. The van der Waals surface area contributed by atoms with Crippen LogP contribution in [-0.2, 0) is 11.3 Å². The van der Waals surface area contributed by atoms with Gasteiger partial charge < -0.3 is 10.6 Å². The monoisotopic (exact) mass is 318 g/mol. The molecular weight excluding hydrogens is 296 g/mol. The van der Waals surface area contributed by atoms with Crippen LogP contribution in [0.15, 0.2) is 66.7 Å². The van der Waals surface area contributed by atoms with Crippen LogP contribution in [0.4, 0.5) is 11.4 Å². The number of carbonyl (C=O) groups excluding carboxylic acids is 1. The van der Waals surface area contributed by atoms with E-state index >= 15 is 0 Å². The predicted octanol–water partition coefficient (Wildman–Crippen LogP) is 5.05. The van der Waals surface area contributed by atoms with Crippen molar-refractivity contribution in [3.63, 3.8) is 0 Å². The average Bonchev–Trinajstić information content (AvgIpc) is 2.61. The summed E-state index contributed by atoms with van der Waals surface area (Å²) in [6, 6.07) is 22.6. The van der Waals surface area contributed by atoms with Crippen LogP contribution in [0.1, 0.15) is 19.4 Å². The molecule has 24 heavy (non-hydrogen) atoms. The first kappa shape index (κ1) is 16.1. The second-order valence-electron chi connectivity index (χ2n) is 6.21. The van der Waals surface area contributed by atoms with Crippen LogP contribution in [0.2, 0.25) is 0 Å². The molecule has 3 heteroatoms. The second-order valence-corrected chi connectivity index (χ2v) is 6.21. The van der Waals surface area contributed by atoms with E-state index in [0.717, 1.165) is 17.9 Å². The lowest BCUT2D eigenvalue weighted by Gasteiger charge is -2.11. The molecule has 0 aromatic heterocycles. The quantitative estimate of drug-likeness (QED) is 0.691. The molecule has 3 rings (SSSR count). The molecule has 0 aliphatic heterocycles. The Morgan fingerprint density at radius 3 is 2.29 bits per heavy atom. The van der Waals surface area contributed by atoms with E-state index in [1.165, 1.54) is 16.3 Å². The minimum absolute atomic E-state index is 0.0193. The smallest absolute Gasteiger partial charge is 0.226 e. The fourth-order valence-electron chi connectivity index (χ4n) is 2.60. The molecule has 0 heterocycles. The van der Waals surface area contributed by atoms with Gasteiger partial charge in [0.2, 0.25) is 5.91 Å². The number of rotatable bonds is 5. The van der Waals surface area contributed by atoms with Gasteiger partial charge in [0, 0.05) is 23.8 Å². The molecule has 3 aromatic carbocycles. The molecular formula is C21H22N2O. The van der Waals surface area contributed by atoms with Crippen molar-refractivity contribution in [3.05, 3.63) is 72.3 Å². The van der Waals surface area contributed by atoms with E-state index in [4.69, 9.17) is 0 Å². The first-order chi connectivity index (χ1) is 11.6. The van der Waals surface area contributed by atoms with Crippen molar-refractivity contribution in [3.8, 4) is 0 Å². The summed E-state index contributed by atoms with van der Waals surface area (Å²) in [7, 11) is 0. The Labute approximate surface area is 142 Å². The van der Waals surface area contributed by atoms with E-state index < -0.39 is 0 Å². The lowest BCUT2D eigenvalue weighted by atomic mass is 10.0. The van der Waals surface area contributed by atoms with E-state index in [-0.39, 0.29) is 11.8 Å². The highest BCUT2D eigenvalue weighted by atomic mass is 16.1. The topological polar surface area (TPSA) is 41.1 Å². The zero-order valence-electron chi connectivity index (χ0n) is 14.0. The normalized spacial score (nSPS) is 10.8. The van der Waals surface area contributed by atoms with E-state index in [0.29, 0.717) is 0 Å². The maximum Gasteiger partial charge on any atom is 0.226 e. The summed E-state index contributed by atoms with van der Waals surface area (Å²) in [5.74, 6) is 0.0145. The van der Waals surface area contributed by atoms with E-state index in [1.807, 2.05) is 38.1 Å². The molecule has 0 bridgehead atoms. The van der Waals surface area contributed by atoms with Crippen LogP contribution >= 0.6 is 0 Å². The lowest BCUT2D eigenvalue weighted by Crippen LogP contribution is -2.17. The average molecular weight is 318 g/mol. The van der Waals surface area contributed by atoms with Crippen LogP contribution in [-0.4, -0.2) is 5.91 Å². The highest BCUT2D eigenvalue weighted by Gasteiger charge is 2.06. The SMILES string of the molecule is CC(C)C(=O)Nc1ccc(NCc2cccc3ccccc23)cc1. The Bertz CT molecular complexity index is 833. The third-order valence-corrected chi connectivity index (χ3v) is 4.04. The van der Waals surface area contributed by atoms with Crippen molar-refractivity contribution in [1.29, 1.82) is 0 Å². The van der Waals surface area contributed by atoms with Crippen LogP contribution in [0.3, 0.4) is 0 Å². The van der Waals surface area contributed by atoms with Crippen LogP contribution in [0.25, 0.3) is 10.8 Å². The molecule has 1 amide bonds.